The molecule has 0 aliphatic heterocycles. The maximum Gasteiger partial charge on any atom is 0.346 e. The van der Waals surface area contributed by atoms with Crippen molar-refractivity contribution < 1.29 is 39.1 Å². The Morgan fingerprint density at radius 1 is 0.404 bits per heavy atom. The predicted octanol–water partition coefficient (Wildman–Crippen LogP) is 5.55. The van der Waals surface area contributed by atoms with Crippen molar-refractivity contribution in [1.82, 2.24) is 0 Å². The zero-order valence-corrected chi connectivity index (χ0v) is 23.1. The lowest BCUT2D eigenvalue weighted by Crippen LogP contribution is -2.03. The Bertz CT molecular complexity index is 2230. The number of nitrogens with zero attached hydrogens (tertiary/aromatic N) is 6. The SMILES string of the molecule is Cc1ccc([N+](=O)[O-])c2c1C(=O)c1ccc([N+](=O)[O-])cc1-2.O=C1c2cc([N+](=O)[O-])c([N+](=O)[O-])cc2-c2c([N+](=O)[O-])ccc([N+](=O)[O-])c21. The van der Waals surface area contributed by atoms with Crippen molar-refractivity contribution in [2.24, 2.45) is 0 Å². The van der Waals surface area contributed by atoms with E-state index in [0.29, 0.717) is 17.7 Å². The summed E-state index contributed by atoms with van der Waals surface area (Å²) in [7, 11) is 0. The van der Waals surface area contributed by atoms with E-state index in [-0.39, 0.29) is 45.0 Å². The second kappa shape index (κ2) is 11.0. The molecule has 0 heterocycles. The quantitative estimate of drug-likeness (QED) is 0.158. The first-order valence-corrected chi connectivity index (χ1v) is 12.7. The first-order chi connectivity index (χ1) is 22.1. The smallest absolute Gasteiger partial charge is 0.289 e. The van der Waals surface area contributed by atoms with Crippen LogP contribution in [0.3, 0.4) is 0 Å². The van der Waals surface area contributed by atoms with Crippen LogP contribution < -0.4 is 0 Å². The van der Waals surface area contributed by atoms with E-state index in [1.807, 2.05) is 0 Å². The Balaban J connectivity index is 0.000000189. The minimum absolute atomic E-state index is 0.170. The molecular formula is C27H12N6O14. The number of aryl methyl sites for hydroxylation is 1. The van der Waals surface area contributed by atoms with Crippen LogP contribution in [0.25, 0.3) is 22.3 Å². The lowest BCUT2D eigenvalue weighted by molar-refractivity contribution is -0.422. The number of rotatable bonds is 6. The highest BCUT2D eigenvalue weighted by molar-refractivity contribution is 6.26. The van der Waals surface area contributed by atoms with E-state index in [0.717, 1.165) is 12.1 Å². The van der Waals surface area contributed by atoms with E-state index in [2.05, 4.69) is 0 Å². The lowest BCUT2D eigenvalue weighted by atomic mass is 10.00. The largest absolute Gasteiger partial charge is 0.346 e. The normalized spacial score (nSPS) is 11.8. The number of nitro groups is 6. The molecule has 2 aliphatic carbocycles. The van der Waals surface area contributed by atoms with Gasteiger partial charge in [-0.3, -0.25) is 70.3 Å². The minimum Gasteiger partial charge on any atom is -0.289 e. The Labute approximate surface area is 257 Å². The van der Waals surface area contributed by atoms with Gasteiger partial charge in [0, 0.05) is 70.3 Å². The molecule has 234 valence electrons. The molecule has 0 N–H and O–H groups in total. The van der Waals surface area contributed by atoms with Crippen LogP contribution in [0.1, 0.15) is 37.4 Å². The molecule has 0 aromatic heterocycles. The third-order valence-corrected chi connectivity index (χ3v) is 7.35. The van der Waals surface area contributed by atoms with Gasteiger partial charge in [-0.2, -0.15) is 0 Å². The van der Waals surface area contributed by atoms with E-state index < -0.39 is 74.8 Å². The van der Waals surface area contributed by atoms with Gasteiger partial charge in [0.25, 0.3) is 22.7 Å². The third kappa shape index (κ3) is 4.82. The zero-order chi connectivity index (χ0) is 34.6. The molecule has 0 spiro atoms. The maximum atomic E-state index is 12.5. The number of hydrogen-bond acceptors (Lipinski definition) is 14. The average Bonchev–Trinajstić information content (AvgIpc) is 3.47. The molecule has 20 heteroatoms. The number of nitro benzene ring substituents is 6. The summed E-state index contributed by atoms with van der Waals surface area (Å²) in [5.41, 5.74) is -4.18. The van der Waals surface area contributed by atoms with Crippen LogP contribution in [0.15, 0.2) is 54.6 Å². The van der Waals surface area contributed by atoms with Gasteiger partial charge in [0.05, 0.1) is 40.7 Å². The van der Waals surface area contributed by atoms with E-state index in [4.69, 9.17) is 0 Å². The van der Waals surface area contributed by atoms with E-state index in [1.165, 1.54) is 30.3 Å². The van der Waals surface area contributed by atoms with Gasteiger partial charge >= 0.3 is 11.4 Å². The summed E-state index contributed by atoms with van der Waals surface area (Å²) in [6.07, 6.45) is 0. The summed E-state index contributed by atoms with van der Waals surface area (Å²) < 4.78 is 0. The summed E-state index contributed by atoms with van der Waals surface area (Å²) in [5.74, 6) is -1.39. The predicted molar refractivity (Wildman–Crippen MR) is 155 cm³/mol. The molecule has 0 saturated carbocycles. The van der Waals surface area contributed by atoms with E-state index in [1.54, 1.807) is 6.92 Å². The molecule has 0 unspecified atom stereocenters. The van der Waals surface area contributed by atoms with Gasteiger partial charge in [-0.1, -0.05) is 6.07 Å². The lowest BCUT2D eigenvalue weighted by Gasteiger charge is -2.04. The van der Waals surface area contributed by atoms with Crippen LogP contribution in [0.5, 0.6) is 0 Å². The van der Waals surface area contributed by atoms with Gasteiger partial charge in [0.15, 0.2) is 5.78 Å². The Morgan fingerprint density at radius 2 is 0.809 bits per heavy atom. The topological polar surface area (TPSA) is 293 Å². The molecule has 4 aromatic carbocycles. The van der Waals surface area contributed by atoms with Gasteiger partial charge in [-0.25, -0.2) is 0 Å². The molecule has 20 nitrogen and oxygen atoms in total. The van der Waals surface area contributed by atoms with E-state index >= 15 is 0 Å². The fraction of sp³-hybridized carbons (Fsp3) is 0.0370. The molecule has 0 bridgehead atoms. The van der Waals surface area contributed by atoms with Crippen molar-refractivity contribution in [2.75, 3.05) is 0 Å². The molecule has 6 rings (SSSR count). The standard InChI is InChI=1S/C14H8N2O5.C13H4N4O9/c1-7-2-5-11(16(20)21)13-10-6-8(15(18)19)3-4-9(10)14(17)12(7)13;18-13-6-4-10(17(25)26)9(16(23)24)3-5(6)11-7(14(19)20)1-2-8(12(11)13)15(21)22/h2-6H,1H3;1-4H. The molecule has 0 radical (unpaired) electrons. The average molecular weight is 644 g/mol. The van der Waals surface area contributed by atoms with Crippen molar-refractivity contribution in [3.05, 3.63) is 143 Å². The molecule has 0 atom stereocenters. The number of ketones is 2. The van der Waals surface area contributed by atoms with Crippen LogP contribution in [0.4, 0.5) is 34.1 Å². The molecule has 0 fully saturated rings. The zero-order valence-electron chi connectivity index (χ0n) is 23.1. The van der Waals surface area contributed by atoms with Crippen LogP contribution in [-0.2, 0) is 0 Å². The van der Waals surface area contributed by atoms with Crippen LogP contribution in [-0.4, -0.2) is 41.1 Å². The number of benzene rings is 4. The molecular weight excluding hydrogens is 632 g/mol. The summed E-state index contributed by atoms with van der Waals surface area (Å²) in [5, 5.41) is 66.5. The summed E-state index contributed by atoms with van der Waals surface area (Å²) in [6.45, 7) is 1.68. The number of carbonyl (C=O) groups is 2. The fourth-order valence-corrected chi connectivity index (χ4v) is 5.38. The molecule has 2 aliphatic rings. The van der Waals surface area contributed by atoms with Gasteiger partial charge in [-0.15, -0.1) is 0 Å². The minimum atomic E-state index is -1.09. The van der Waals surface area contributed by atoms with Gasteiger partial charge < -0.3 is 0 Å². The highest BCUT2D eigenvalue weighted by Gasteiger charge is 2.43. The van der Waals surface area contributed by atoms with Crippen LogP contribution in [0, 0.1) is 67.6 Å². The highest BCUT2D eigenvalue weighted by Crippen LogP contribution is 2.49. The fourth-order valence-electron chi connectivity index (χ4n) is 5.38. The van der Waals surface area contributed by atoms with E-state index in [9.17, 15) is 70.3 Å². The van der Waals surface area contributed by atoms with Gasteiger partial charge in [0.1, 0.15) is 5.56 Å². The van der Waals surface area contributed by atoms with Crippen molar-refractivity contribution in [3.8, 4) is 22.3 Å². The molecule has 4 aromatic rings. The first kappa shape index (κ1) is 31.1. The summed E-state index contributed by atoms with van der Waals surface area (Å²) in [4.78, 5) is 86.3. The van der Waals surface area contributed by atoms with Gasteiger partial charge in [0.2, 0.25) is 5.78 Å². The number of fused-ring (bicyclic) bond motifs is 6. The molecule has 47 heavy (non-hydrogen) atoms. The Morgan fingerprint density at radius 3 is 1.30 bits per heavy atom. The van der Waals surface area contributed by atoms with Crippen molar-refractivity contribution in [1.29, 1.82) is 0 Å². The van der Waals surface area contributed by atoms with Crippen molar-refractivity contribution in [3.63, 3.8) is 0 Å². The van der Waals surface area contributed by atoms with Crippen molar-refractivity contribution >= 4 is 45.7 Å². The summed E-state index contributed by atoms with van der Waals surface area (Å²) in [6, 6.07) is 9.42. The highest BCUT2D eigenvalue weighted by atomic mass is 16.6. The number of hydrogen-bond donors (Lipinski definition) is 0. The second-order valence-electron chi connectivity index (χ2n) is 9.82. The molecule has 0 amide bonds. The second-order valence-corrected chi connectivity index (χ2v) is 9.82. The van der Waals surface area contributed by atoms with Crippen molar-refractivity contribution in [2.45, 2.75) is 6.92 Å². The van der Waals surface area contributed by atoms with Crippen LogP contribution in [0.2, 0.25) is 0 Å². The summed E-state index contributed by atoms with van der Waals surface area (Å²) >= 11 is 0. The Kier molecular flexibility index (Phi) is 7.24. The Hall–Kier alpha value is -7.38. The first-order valence-electron chi connectivity index (χ1n) is 12.7. The molecule has 0 saturated heterocycles. The third-order valence-electron chi connectivity index (χ3n) is 7.35. The maximum absolute atomic E-state index is 12.5. The number of non-ortho nitro benzene ring substituents is 1. The monoisotopic (exact) mass is 644 g/mol. The van der Waals surface area contributed by atoms with Crippen LogP contribution >= 0.6 is 0 Å². The van der Waals surface area contributed by atoms with Gasteiger partial charge in [-0.05, 0) is 18.6 Å². The number of carbonyl (C=O) groups excluding carboxylic acids is 2.